The zero-order valence-corrected chi connectivity index (χ0v) is 17.9. The number of Topliss-reactive ketones (excluding diaryl/α,β-unsaturated/α-hetero) is 1. The lowest BCUT2D eigenvalue weighted by molar-refractivity contribution is -0.124. The van der Waals surface area contributed by atoms with Crippen LogP contribution in [0.2, 0.25) is 10.0 Å². The molecule has 3 aromatic carbocycles. The van der Waals surface area contributed by atoms with Crippen LogP contribution in [0.3, 0.4) is 0 Å². The van der Waals surface area contributed by atoms with Crippen molar-refractivity contribution < 1.29 is 14.7 Å². The van der Waals surface area contributed by atoms with Crippen LogP contribution in [0.25, 0.3) is 21.9 Å². The molecule has 1 amide bonds. The third-order valence-electron chi connectivity index (χ3n) is 4.66. The molecule has 0 heterocycles. The first kappa shape index (κ1) is 21.2. The molecule has 150 valence electrons. The van der Waals surface area contributed by atoms with E-state index in [1.165, 1.54) is 6.92 Å². The minimum atomic E-state index is -0.417. The Kier molecular flexibility index (Phi) is 6.15. The summed E-state index contributed by atoms with van der Waals surface area (Å²) < 4.78 is 0. The number of aromatic hydroxyl groups is 1. The van der Waals surface area contributed by atoms with Crippen molar-refractivity contribution in [3.05, 3.63) is 58.1 Å². The van der Waals surface area contributed by atoms with Crippen LogP contribution in [0.1, 0.15) is 38.7 Å². The van der Waals surface area contributed by atoms with Gasteiger partial charge in [0.1, 0.15) is 11.5 Å². The molecule has 0 unspecified atom stereocenters. The van der Waals surface area contributed by atoms with Crippen LogP contribution in [0.5, 0.6) is 5.75 Å². The van der Waals surface area contributed by atoms with Crippen LogP contribution in [-0.4, -0.2) is 16.8 Å². The number of rotatable bonds is 5. The Morgan fingerprint density at radius 3 is 2.28 bits per heavy atom. The summed E-state index contributed by atoms with van der Waals surface area (Å²) >= 11 is 13.1. The molecular formula is C23H21Cl2NO3. The van der Waals surface area contributed by atoms with Crippen LogP contribution in [0, 0.1) is 0 Å². The predicted octanol–water partition coefficient (Wildman–Crippen LogP) is 6.56. The van der Waals surface area contributed by atoms with Crippen molar-refractivity contribution >= 4 is 51.4 Å². The molecule has 0 radical (unpaired) electrons. The van der Waals surface area contributed by atoms with Gasteiger partial charge in [0, 0.05) is 16.8 Å². The molecular weight excluding hydrogens is 409 g/mol. The van der Waals surface area contributed by atoms with Crippen molar-refractivity contribution in [3.63, 3.8) is 0 Å². The van der Waals surface area contributed by atoms with Gasteiger partial charge in [0.25, 0.3) is 0 Å². The van der Waals surface area contributed by atoms with Gasteiger partial charge in [-0.2, -0.15) is 0 Å². The fraction of sp³-hybridized carbons (Fsp3) is 0.217. The van der Waals surface area contributed by atoms with Gasteiger partial charge in [-0.1, -0.05) is 61.3 Å². The Labute approximate surface area is 179 Å². The van der Waals surface area contributed by atoms with Gasteiger partial charge in [0.15, 0.2) is 0 Å². The van der Waals surface area contributed by atoms with Crippen LogP contribution in [0.4, 0.5) is 5.69 Å². The first-order valence-electron chi connectivity index (χ1n) is 9.22. The molecule has 4 nitrogen and oxygen atoms in total. The number of carbonyl (C=O) groups excluding carboxylic acids is 2. The lowest BCUT2D eigenvalue weighted by Gasteiger charge is -2.17. The normalized spacial score (nSPS) is 11.1. The smallest absolute Gasteiger partial charge is 0.231 e. The van der Waals surface area contributed by atoms with E-state index >= 15 is 0 Å². The average molecular weight is 430 g/mol. The Morgan fingerprint density at radius 2 is 1.69 bits per heavy atom. The van der Waals surface area contributed by atoms with E-state index in [9.17, 15) is 14.7 Å². The number of phenols is 1. The molecule has 6 heteroatoms. The van der Waals surface area contributed by atoms with E-state index in [1.807, 2.05) is 38.1 Å². The second-order valence-corrected chi connectivity index (χ2v) is 8.11. The van der Waals surface area contributed by atoms with Crippen LogP contribution in [-0.2, 0) is 9.59 Å². The van der Waals surface area contributed by atoms with E-state index in [0.29, 0.717) is 21.3 Å². The molecule has 0 atom stereocenters. The Balaban J connectivity index is 2.12. The molecule has 2 N–H and O–H groups in total. The molecule has 29 heavy (non-hydrogen) atoms. The largest absolute Gasteiger partial charge is 0.508 e. The van der Waals surface area contributed by atoms with E-state index < -0.39 is 5.91 Å². The number of anilines is 1. The number of amides is 1. The second-order valence-electron chi connectivity index (χ2n) is 7.30. The maximum absolute atomic E-state index is 11.9. The fourth-order valence-corrected chi connectivity index (χ4v) is 4.22. The molecule has 0 aliphatic rings. The number of halogens is 2. The molecule has 0 fully saturated rings. The van der Waals surface area contributed by atoms with Crippen molar-refractivity contribution in [2.45, 2.75) is 33.1 Å². The Hall–Kier alpha value is -2.56. The summed E-state index contributed by atoms with van der Waals surface area (Å²) in [6, 6.07) is 12.5. The van der Waals surface area contributed by atoms with E-state index in [1.54, 1.807) is 18.2 Å². The number of hydrogen-bond acceptors (Lipinski definition) is 3. The molecule has 0 saturated heterocycles. The monoisotopic (exact) mass is 429 g/mol. The molecule has 0 aromatic heterocycles. The standard InChI is InChI=1S/C23H21Cl2NO3/c1-12(2)22-16-5-4-6-17(15(16)7-8-20(22)28)23-18(24)10-14(11-19(23)25)26-21(29)9-13(3)27/h4-8,10-12,28H,9H2,1-3H3,(H,26,29). The molecule has 0 bridgehead atoms. The van der Waals surface area contributed by atoms with E-state index in [0.717, 1.165) is 21.9 Å². The van der Waals surface area contributed by atoms with Gasteiger partial charge >= 0.3 is 0 Å². The Morgan fingerprint density at radius 1 is 1.03 bits per heavy atom. The highest BCUT2D eigenvalue weighted by molar-refractivity contribution is 6.40. The topological polar surface area (TPSA) is 66.4 Å². The van der Waals surface area contributed by atoms with Gasteiger partial charge in [-0.15, -0.1) is 0 Å². The molecule has 0 spiro atoms. The summed E-state index contributed by atoms with van der Waals surface area (Å²) in [6.45, 7) is 5.41. The molecule has 0 aliphatic heterocycles. The third-order valence-corrected chi connectivity index (χ3v) is 5.26. The molecule has 3 rings (SSSR count). The summed E-state index contributed by atoms with van der Waals surface area (Å²) in [7, 11) is 0. The second kappa shape index (κ2) is 8.44. The third kappa shape index (κ3) is 4.39. The molecule has 0 aliphatic carbocycles. The van der Waals surface area contributed by atoms with Crippen molar-refractivity contribution in [2.24, 2.45) is 0 Å². The highest BCUT2D eigenvalue weighted by Gasteiger charge is 2.18. The van der Waals surface area contributed by atoms with Crippen molar-refractivity contribution in [1.29, 1.82) is 0 Å². The van der Waals surface area contributed by atoms with Crippen molar-refractivity contribution in [2.75, 3.05) is 5.32 Å². The van der Waals surface area contributed by atoms with Gasteiger partial charge < -0.3 is 10.4 Å². The first-order valence-corrected chi connectivity index (χ1v) is 9.98. The Bertz CT molecular complexity index is 1100. The van der Waals surface area contributed by atoms with Gasteiger partial charge in [-0.05, 0) is 47.4 Å². The SMILES string of the molecule is CC(=O)CC(=O)Nc1cc(Cl)c(-c2cccc3c(C(C)C)c(O)ccc23)c(Cl)c1. The molecule has 3 aromatic rings. The van der Waals surface area contributed by atoms with Crippen LogP contribution < -0.4 is 5.32 Å². The zero-order valence-electron chi connectivity index (χ0n) is 16.3. The average Bonchev–Trinajstić information content (AvgIpc) is 2.59. The van der Waals surface area contributed by atoms with Crippen LogP contribution in [0.15, 0.2) is 42.5 Å². The summed E-state index contributed by atoms with van der Waals surface area (Å²) in [5.41, 5.74) is 2.77. The minimum absolute atomic E-state index is 0.138. The summed E-state index contributed by atoms with van der Waals surface area (Å²) in [5, 5.41) is 15.6. The summed E-state index contributed by atoms with van der Waals surface area (Å²) in [6.07, 6.45) is -0.207. The summed E-state index contributed by atoms with van der Waals surface area (Å²) in [5.74, 6) is -0.250. The van der Waals surface area contributed by atoms with Crippen molar-refractivity contribution in [1.82, 2.24) is 0 Å². The number of carbonyl (C=O) groups is 2. The highest BCUT2D eigenvalue weighted by Crippen LogP contribution is 2.43. The lowest BCUT2D eigenvalue weighted by Crippen LogP contribution is -2.14. The number of phenolic OH excluding ortho intramolecular Hbond substituents is 1. The maximum atomic E-state index is 11.9. The van der Waals surface area contributed by atoms with Gasteiger partial charge in [0.05, 0.1) is 16.5 Å². The van der Waals surface area contributed by atoms with Crippen LogP contribution >= 0.6 is 23.2 Å². The number of ketones is 1. The lowest BCUT2D eigenvalue weighted by atomic mass is 9.91. The predicted molar refractivity (Wildman–Crippen MR) is 119 cm³/mol. The minimum Gasteiger partial charge on any atom is -0.508 e. The maximum Gasteiger partial charge on any atom is 0.231 e. The number of nitrogens with one attached hydrogen (secondary N) is 1. The number of fused-ring (bicyclic) bond motifs is 1. The van der Waals surface area contributed by atoms with Gasteiger partial charge in [-0.3, -0.25) is 9.59 Å². The van der Waals surface area contributed by atoms with Crippen molar-refractivity contribution in [3.8, 4) is 16.9 Å². The first-order chi connectivity index (χ1) is 13.7. The molecule has 0 saturated carbocycles. The highest BCUT2D eigenvalue weighted by atomic mass is 35.5. The van der Waals surface area contributed by atoms with E-state index in [4.69, 9.17) is 23.2 Å². The quantitative estimate of drug-likeness (QED) is 0.451. The number of hydrogen-bond donors (Lipinski definition) is 2. The van der Waals surface area contributed by atoms with Gasteiger partial charge in [0.2, 0.25) is 5.91 Å². The summed E-state index contributed by atoms with van der Waals surface area (Å²) in [4.78, 5) is 23.0. The zero-order chi connectivity index (χ0) is 21.3. The van der Waals surface area contributed by atoms with E-state index in [-0.39, 0.29) is 23.9 Å². The number of benzene rings is 3. The van der Waals surface area contributed by atoms with Gasteiger partial charge in [-0.25, -0.2) is 0 Å². The van der Waals surface area contributed by atoms with E-state index in [2.05, 4.69) is 5.32 Å². The fourth-order valence-electron chi connectivity index (χ4n) is 3.53.